The van der Waals surface area contributed by atoms with Crippen LogP contribution in [0.4, 0.5) is 10.5 Å². The van der Waals surface area contributed by atoms with Crippen LogP contribution in [0.3, 0.4) is 0 Å². The first kappa shape index (κ1) is 15.3. The number of rotatable bonds is 4. The highest BCUT2D eigenvalue weighted by Gasteiger charge is 2.10. The Labute approximate surface area is 138 Å². The number of fused-ring (bicyclic) bond motifs is 1. The van der Waals surface area contributed by atoms with E-state index in [2.05, 4.69) is 15.6 Å². The zero-order valence-electron chi connectivity index (χ0n) is 12.9. The summed E-state index contributed by atoms with van der Waals surface area (Å²) in [5, 5.41) is 5.77. The van der Waals surface area contributed by atoms with Crippen LogP contribution in [-0.4, -0.2) is 18.1 Å². The van der Waals surface area contributed by atoms with E-state index in [4.69, 9.17) is 4.74 Å². The molecule has 5 nitrogen and oxygen atoms in total. The highest BCUT2D eigenvalue weighted by molar-refractivity contribution is 7.16. The van der Waals surface area contributed by atoms with Crippen molar-refractivity contribution in [2.75, 3.05) is 12.4 Å². The van der Waals surface area contributed by atoms with Crippen molar-refractivity contribution in [1.29, 1.82) is 0 Å². The third-order valence-electron chi connectivity index (χ3n) is 3.53. The molecule has 3 aromatic rings. The number of hydrogen-bond donors (Lipinski definition) is 2. The average Bonchev–Trinajstić information content (AvgIpc) is 3.02. The summed E-state index contributed by atoms with van der Waals surface area (Å²) in [6.45, 7) is 1.93. The lowest BCUT2D eigenvalue weighted by Gasteiger charge is -2.16. The molecule has 0 saturated carbocycles. The van der Waals surface area contributed by atoms with Crippen LogP contribution in [0.25, 0.3) is 10.2 Å². The molecule has 0 aliphatic carbocycles. The fourth-order valence-electron chi connectivity index (χ4n) is 2.29. The molecule has 1 heterocycles. The molecule has 0 aliphatic heterocycles. The first-order valence-electron chi connectivity index (χ1n) is 7.20. The number of benzene rings is 2. The maximum Gasteiger partial charge on any atom is 0.319 e. The second-order valence-electron chi connectivity index (χ2n) is 5.13. The van der Waals surface area contributed by atoms with Crippen molar-refractivity contribution >= 4 is 33.3 Å². The summed E-state index contributed by atoms with van der Waals surface area (Å²) >= 11 is 1.55. The molecule has 2 amide bonds. The summed E-state index contributed by atoms with van der Waals surface area (Å²) in [7, 11) is 1.62. The smallest absolute Gasteiger partial charge is 0.319 e. The van der Waals surface area contributed by atoms with Crippen molar-refractivity contribution in [3.05, 3.63) is 53.5 Å². The number of urea groups is 1. The largest absolute Gasteiger partial charge is 0.497 e. The van der Waals surface area contributed by atoms with Crippen LogP contribution >= 0.6 is 11.3 Å². The van der Waals surface area contributed by atoms with Crippen LogP contribution < -0.4 is 15.4 Å². The first-order valence-corrected chi connectivity index (χ1v) is 8.08. The van der Waals surface area contributed by atoms with Gasteiger partial charge in [0.05, 0.1) is 28.9 Å². The minimum absolute atomic E-state index is 0.128. The number of hydrogen-bond acceptors (Lipinski definition) is 4. The van der Waals surface area contributed by atoms with Gasteiger partial charge in [0.15, 0.2) is 0 Å². The molecule has 6 heteroatoms. The zero-order chi connectivity index (χ0) is 16.2. The topological polar surface area (TPSA) is 63.2 Å². The summed E-state index contributed by atoms with van der Waals surface area (Å²) in [5.74, 6) is 0.771. The Bertz CT molecular complexity index is 831. The lowest BCUT2D eigenvalue weighted by Crippen LogP contribution is -2.31. The van der Waals surface area contributed by atoms with Crippen LogP contribution in [0, 0.1) is 0 Å². The molecule has 1 aromatic heterocycles. The molecular formula is C17H17N3O2S. The second-order valence-corrected chi connectivity index (χ2v) is 6.02. The van der Waals surface area contributed by atoms with E-state index in [-0.39, 0.29) is 12.1 Å². The van der Waals surface area contributed by atoms with E-state index in [9.17, 15) is 4.79 Å². The molecule has 0 fully saturated rings. The van der Waals surface area contributed by atoms with E-state index in [1.165, 1.54) is 0 Å². The van der Waals surface area contributed by atoms with E-state index < -0.39 is 0 Å². The molecule has 3 rings (SSSR count). The van der Waals surface area contributed by atoms with Gasteiger partial charge in [0.25, 0.3) is 0 Å². The van der Waals surface area contributed by atoms with Gasteiger partial charge in [-0.3, -0.25) is 0 Å². The van der Waals surface area contributed by atoms with Crippen LogP contribution in [0.2, 0.25) is 0 Å². The van der Waals surface area contributed by atoms with Gasteiger partial charge in [-0.2, -0.15) is 0 Å². The summed E-state index contributed by atoms with van der Waals surface area (Å²) in [6, 6.07) is 12.9. The minimum atomic E-state index is -0.246. The van der Waals surface area contributed by atoms with Crippen molar-refractivity contribution in [2.24, 2.45) is 0 Å². The predicted molar refractivity (Wildman–Crippen MR) is 93.2 cm³/mol. The molecule has 0 aliphatic rings. The van der Waals surface area contributed by atoms with Gasteiger partial charge >= 0.3 is 6.03 Å². The lowest BCUT2D eigenvalue weighted by atomic mass is 10.1. The van der Waals surface area contributed by atoms with Gasteiger partial charge in [-0.15, -0.1) is 11.3 Å². The van der Waals surface area contributed by atoms with Crippen molar-refractivity contribution < 1.29 is 9.53 Å². The Morgan fingerprint density at radius 1 is 1.26 bits per heavy atom. The number of amides is 2. The second kappa shape index (κ2) is 6.66. The highest BCUT2D eigenvalue weighted by atomic mass is 32.1. The summed E-state index contributed by atoms with van der Waals surface area (Å²) in [5.41, 5.74) is 4.46. The summed E-state index contributed by atoms with van der Waals surface area (Å²) in [4.78, 5) is 16.4. The molecule has 0 radical (unpaired) electrons. The van der Waals surface area contributed by atoms with Crippen LogP contribution in [-0.2, 0) is 0 Å². The van der Waals surface area contributed by atoms with Gasteiger partial charge in [-0.25, -0.2) is 9.78 Å². The summed E-state index contributed by atoms with van der Waals surface area (Å²) in [6.07, 6.45) is 0. The van der Waals surface area contributed by atoms with Gasteiger partial charge < -0.3 is 15.4 Å². The van der Waals surface area contributed by atoms with E-state index in [0.29, 0.717) is 0 Å². The Morgan fingerprint density at radius 2 is 2.13 bits per heavy atom. The standard InChI is InChI=1S/C17H17N3O2S/c1-11(12-4-3-5-14(8-12)22-2)19-17(21)20-13-6-7-15-16(9-13)23-10-18-15/h3-11H,1-2H3,(H2,19,20,21). The molecule has 118 valence electrons. The number of thiazole rings is 1. The van der Waals surface area contributed by atoms with Gasteiger partial charge in [0, 0.05) is 5.69 Å². The minimum Gasteiger partial charge on any atom is -0.497 e. The normalized spacial score (nSPS) is 11.9. The number of nitrogens with one attached hydrogen (secondary N) is 2. The van der Waals surface area contributed by atoms with E-state index in [0.717, 1.165) is 27.2 Å². The number of methoxy groups -OCH3 is 1. The number of nitrogens with zero attached hydrogens (tertiary/aromatic N) is 1. The molecule has 0 saturated heterocycles. The molecular weight excluding hydrogens is 310 g/mol. The van der Waals surface area contributed by atoms with E-state index in [1.807, 2.05) is 49.4 Å². The van der Waals surface area contributed by atoms with E-state index in [1.54, 1.807) is 24.0 Å². The van der Waals surface area contributed by atoms with Crippen LogP contribution in [0.5, 0.6) is 5.75 Å². The SMILES string of the molecule is COc1cccc(C(C)NC(=O)Nc2ccc3ncsc3c2)c1. The maximum atomic E-state index is 12.2. The molecule has 2 aromatic carbocycles. The number of carbonyl (C=O) groups is 1. The van der Waals surface area contributed by atoms with E-state index >= 15 is 0 Å². The van der Waals surface area contributed by atoms with Gasteiger partial charge in [-0.1, -0.05) is 12.1 Å². The number of aromatic nitrogens is 1. The highest BCUT2D eigenvalue weighted by Crippen LogP contribution is 2.22. The van der Waals surface area contributed by atoms with Crippen LogP contribution in [0.15, 0.2) is 48.0 Å². The molecule has 2 N–H and O–H groups in total. The Hall–Kier alpha value is -2.60. The van der Waals surface area contributed by atoms with Crippen molar-refractivity contribution in [1.82, 2.24) is 10.3 Å². The Kier molecular flexibility index (Phi) is 4.43. The number of carbonyl (C=O) groups excluding carboxylic acids is 1. The fourth-order valence-corrected chi connectivity index (χ4v) is 3.01. The Balaban J connectivity index is 1.65. The molecule has 1 unspecified atom stereocenters. The predicted octanol–water partition coefficient (Wildman–Crippen LogP) is 4.19. The molecule has 0 bridgehead atoms. The number of ether oxygens (including phenoxy) is 1. The van der Waals surface area contributed by atoms with Gasteiger partial charge in [-0.05, 0) is 42.8 Å². The third kappa shape index (κ3) is 3.60. The monoisotopic (exact) mass is 327 g/mol. The zero-order valence-corrected chi connectivity index (χ0v) is 13.7. The fraction of sp³-hybridized carbons (Fsp3) is 0.176. The molecule has 0 spiro atoms. The summed E-state index contributed by atoms with van der Waals surface area (Å²) < 4.78 is 6.25. The average molecular weight is 327 g/mol. The maximum absolute atomic E-state index is 12.2. The molecule has 1 atom stereocenters. The van der Waals surface area contributed by atoms with Crippen molar-refractivity contribution in [3.8, 4) is 5.75 Å². The first-order chi connectivity index (χ1) is 11.2. The third-order valence-corrected chi connectivity index (χ3v) is 4.32. The van der Waals surface area contributed by atoms with Crippen molar-refractivity contribution in [3.63, 3.8) is 0 Å². The van der Waals surface area contributed by atoms with Crippen molar-refractivity contribution in [2.45, 2.75) is 13.0 Å². The lowest BCUT2D eigenvalue weighted by molar-refractivity contribution is 0.249. The van der Waals surface area contributed by atoms with Gasteiger partial charge in [0.1, 0.15) is 5.75 Å². The quantitative estimate of drug-likeness (QED) is 0.755. The molecule has 23 heavy (non-hydrogen) atoms. The van der Waals surface area contributed by atoms with Gasteiger partial charge in [0.2, 0.25) is 0 Å². The van der Waals surface area contributed by atoms with Crippen LogP contribution in [0.1, 0.15) is 18.5 Å². The Morgan fingerprint density at radius 3 is 2.96 bits per heavy atom. The number of anilines is 1.